The standard InChI is InChI=1S/C15H28O/c1-6-15(4,5)12-8-10-13(2)9-7-11-14(3)16/h7,11,13H,6,8-10,12H2,1-5H3/b11-7+. The van der Waals surface area contributed by atoms with Crippen molar-refractivity contribution in [2.45, 2.75) is 66.7 Å². The van der Waals surface area contributed by atoms with Crippen LogP contribution in [0.15, 0.2) is 12.2 Å². The molecular weight excluding hydrogens is 196 g/mol. The molecular formula is C15H28O. The second-order valence-electron chi connectivity index (χ2n) is 5.76. The zero-order valence-electron chi connectivity index (χ0n) is 11.7. The molecule has 0 heterocycles. The zero-order chi connectivity index (χ0) is 12.6. The molecule has 0 spiro atoms. The summed E-state index contributed by atoms with van der Waals surface area (Å²) in [5, 5.41) is 0. The lowest BCUT2D eigenvalue weighted by molar-refractivity contribution is -0.112. The molecule has 0 N–H and O–H groups in total. The molecule has 0 radical (unpaired) electrons. The van der Waals surface area contributed by atoms with Crippen LogP contribution in [0.3, 0.4) is 0 Å². The maximum absolute atomic E-state index is 10.7. The number of rotatable bonds is 8. The minimum Gasteiger partial charge on any atom is -0.295 e. The monoisotopic (exact) mass is 224 g/mol. The van der Waals surface area contributed by atoms with Crippen LogP contribution in [0.2, 0.25) is 0 Å². The molecule has 1 heteroatoms. The predicted octanol–water partition coefficient (Wildman–Crippen LogP) is 4.76. The van der Waals surface area contributed by atoms with Crippen LogP contribution in [0.5, 0.6) is 0 Å². The fraction of sp³-hybridized carbons (Fsp3) is 0.800. The summed E-state index contributed by atoms with van der Waals surface area (Å²) in [7, 11) is 0. The van der Waals surface area contributed by atoms with Crippen molar-refractivity contribution in [1.82, 2.24) is 0 Å². The lowest BCUT2D eigenvalue weighted by atomic mass is 9.83. The second-order valence-corrected chi connectivity index (χ2v) is 5.76. The fourth-order valence-corrected chi connectivity index (χ4v) is 1.69. The van der Waals surface area contributed by atoms with Crippen LogP contribution in [-0.2, 0) is 4.79 Å². The van der Waals surface area contributed by atoms with Crippen LogP contribution in [0, 0.1) is 11.3 Å². The van der Waals surface area contributed by atoms with Gasteiger partial charge >= 0.3 is 0 Å². The predicted molar refractivity (Wildman–Crippen MR) is 71.5 cm³/mol. The van der Waals surface area contributed by atoms with E-state index < -0.39 is 0 Å². The van der Waals surface area contributed by atoms with Gasteiger partial charge in [0.1, 0.15) is 0 Å². The molecule has 0 bridgehead atoms. The van der Waals surface area contributed by atoms with E-state index in [0.717, 1.165) is 6.42 Å². The zero-order valence-corrected chi connectivity index (χ0v) is 11.7. The van der Waals surface area contributed by atoms with Crippen LogP contribution >= 0.6 is 0 Å². The van der Waals surface area contributed by atoms with E-state index in [1.807, 2.05) is 6.08 Å². The summed E-state index contributed by atoms with van der Waals surface area (Å²) in [6.45, 7) is 10.8. The van der Waals surface area contributed by atoms with Crippen molar-refractivity contribution in [3.8, 4) is 0 Å². The molecule has 0 fully saturated rings. The van der Waals surface area contributed by atoms with Crippen LogP contribution in [0.4, 0.5) is 0 Å². The van der Waals surface area contributed by atoms with Gasteiger partial charge in [0.15, 0.2) is 5.78 Å². The molecule has 16 heavy (non-hydrogen) atoms. The Labute approximate surface area is 101 Å². The molecule has 0 aliphatic rings. The van der Waals surface area contributed by atoms with Crippen LogP contribution in [-0.4, -0.2) is 5.78 Å². The number of carbonyl (C=O) groups is 1. The smallest absolute Gasteiger partial charge is 0.152 e. The van der Waals surface area contributed by atoms with Gasteiger partial charge in [0.05, 0.1) is 0 Å². The van der Waals surface area contributed by atoms with Crippen LogP contribution in [0.1, 0.15) is 66.7 Å². The van der Waals surface area contributed by atoms with Gasteiger partial charge in [-0.15, -0.1) is 0 Å². The van der Waals surface area contributed by atoms with E-state index in [2.05, 4.69) is 27.7 Å². The van der Waals surface area contributed by atoms with Gasteiger partial charge in [0.25, 0.3) is 0 Å². The topological polar surface area (TPSA) is 17.1 Å². The Hall–Kier alpha value is -0.590. The van der Waals surface area contributed by atoms with Gasteiger partial charge in [-0.05, 0) is 37.2 Å². The number of allylic oxidation sites excluding steroid dienone is 2. The highest BCUT2D eigenvalue weighted by Gasteiger charge is 2.14. The summed E-state index contributed by atoms with van der Waals surface area (Å²) in [5.41, 5.74) is 0.495. The third kappa shape index (κ3) is 8.70. The normalized spacial score (nSPS) is 14.3. The molecule has 0 aromatic carbocycles. The maximum Gasteiger partial charge on any atom is 0.152 e. The number of ketones is 1. The summed E-state index contributed by atoms with van der Waals surface area (Å²) >= 11 is 0. The minimum atomic E-state index is 0.152. The van der Waals surface area contributed by atoms with E-state index in [0.29, 0.717) is 11.3 Å². The molecule has 94 valence electrons. The Morgan fingerprint density at radius 3 is 2.50 bits per heavy atom. The number of hydrogen-bond donors (Lipinski definition) is 0. The lowest BCUT2D eigenvalue weighted by Crippen LogP contribution is -2.09. The molecule has 1 atom stereocenters. The first-order valence-corrected chi connectivity index (χ1v) is 6.54. The van der Waals surface area contributed by atoms with Gasteiger partial charge in [-0.1, -0.05) is 53.0 Å². The number of carbonyl (C=O) groups excluding carboxylic acids is 1. The highest BCUT2D eigenvalue weighted by Crippen LogP contribution is 2.28. The van der Waals surface area contributed by atoms with E-state index >= 15 is 0 Å². The van der Waals surface area contributed by atoms with E-state index in [-0.39, 0.29) is 5.78 Å². The first-order chi connectivity index (χ1) is 7.37. The fourth-order valence-electron chi connectivity index (χ4n) is 1.69. The highest BCUT2D eigenvalue weighted by atomic mass is 16.1. The molecule has 0 saturated heterocycles. The van der Waals surface area contributed by atoms with Crippen LogP contribution < -0.4 is 0 Å². The molecule has 0 aliphatic carbocycles. The van der Waals surface area contributed by atoms with Crippen molar-refractivity contribution in [1.29, 1.82) is 0 Å². The number of hydrogen-bond acceptors (Lipinski definition) is 1. The van der Waals surface area contributed by atoms with Crippen molar-refractivity contribution < 1.29 is 4.79 Å². The van der Waals surface area contributed by atoms with Crippen molar-refractivity contribution in [3.63, 3.8) is 0 Å². The Bertz CT molecular complexity index is 226. The Morgan fingerprint density at radius 2 is 2.00 bits per heavy atom. The van der Waals surface area contributed by atoms with Crippen LogP contribution in [0.25, 0.3) is 0 Å². The van der Waals surface area contributed by atoms with Gasteiger partial charge in [0, 0.05) is 0 Å². The van der Waals surface area contributed by atoms with Gasteiger partial charge in [-0.2, -0.15) is 0 Å². The molecule has 1 nitrogen and oxygen atoms in total. The minimum absolute atomic E-state index is 0.152. The molecule has 0 rings (SSSR count). The highest BCUT2D eigenvalue weighted by molar-refractivity contribution is 5.87. The summed E-state index contributed by atoms with van der Waals surface area (Å²) in [5.74, 6) is 0.850. The molecule has 0 aliphatic heterocycles. The molecule has 0 saturated carbocycles. The Kier molecular flexibility index (Phi) is 7.36. The first kappa shape index (κ1) is 15.4. The molecule has 0 amide bonds. The third-order valence-electron chi connectivity index (χ3n) is 3.40. The van der Waals surface area contributed by atoms with E-state index in [4.69, 9.17) is 0 Å². The van der Waals surface area contributed by atoms with Gasteiger partial charge in [0.2, 0.25) is 0 Å². The summed E-state index contributed by atoms with van der Waals surface area (Å²) in [6, 6.07) is 0. The summed E-state index contributed by atoms with van der Waals surface area (Å²) < 4.78 is 0. The lowest BCUT2D eigenvalue weighted by Gasteiger charge is -2.23. The van der Waals surface area contributed by atoms with Crippen molar-refractivity contribution >= 4 is 5.78 Å². The summed E-state index contributed by atoms with van der Waals surface area (Å²) in [4.78, 5) is 10.7. The van der Waals surface area contributed by atoms with Crippen molar-refractivity contribution in [2.75, 3.05) is 0 Å². The average molecular weight is 224 g/mol. The van der Waals surface area contributed by atoms with Gasteiger partial charge < -0.3 is 0 Å². The quantitative estimate of drug-likeness (QED) is 0.543. The molecule has 0 aromatic heterocycles. The van der Waals surface area contributed by atoms with Gasteiger partial charge in [-0.25, -0.2) is 0 Å². The van der Waals surface area contributed by atoms with Crippen molar-refractivity contribution in [3.05, 3.63) is 12.2 Å². The first-order valence-electron chi connectivity index (χ1n) is 6.54. The van der Waals surface area contributed by atoms with E-state index in [1.165, 1.54) is 25.7 Å². The third-order valence-corrected chi connectivity index (χ3v) is 3.40. The molecule has 1 unspecified atom stereocenters. The second kappa shape index (κ2) is 7.65. The van der Waals surface area contributed by atoms with Crippen molar-refractivity contribution in [2.24, 2.45) is 11.3 Å². The Balaban J connectivity index is 3.66. The van der Waals surface area contributed by atoms with E-state index in [9.17, 15) is 4.79 Å². The van der Waals surface area contributed by atoms with E-state index in [1.54, 1.807) is 13.0 Å². The SMILES string of the molecule is CCC(C)(C)CCCC(C)C/C=C/C(C)=O. The maximum atomic E-state index is 10.7. The Morgan fingerprint density at radius 1 is 1.38 bits per heavy atom. The largest absolute Gasteiger partial charge is 0.295 e. The molecule has 0 aromatic rings. The average Bonchev–Trinajstić information content (AvgIpc) is 2.17. The van der Waals surface area contributed by atoms with Gasteiger partial charge in [-0.3, -0.25) is 4.79 Å². The summed E-state index contributed by atoms with van der Waals surface area (Å²) in [6.07, 6.45) is 9.87.